The van der Waals surface area contributed by atoms with Crippen molar-refractivity contribution in [2.45, 2.75) is 26.8 Å². The van der Waals surface area contributed by atoms with E-state index in [1.807, 2.05) is 12.1 Å². The molecule has 2 rings (SSSR count). The molecule has 20 heavy (non-hydrogen) atoms. The summed E-state index contributed by atoms with van der Waals surface area (Å²) < 4.78 is 0. The fourth-order valence-corrected chi connectivity index (χ4v) is 3.32. The van der Waals surface area contributed by atoms with Crippen LogP contribution in [0.3, 0.4) is 0 Å². The SMILES string of the molecule is Cc1ccc(C(N)=S)c(NC(c2cccs2)C(C)C)c1. The molecule has 106 valence electrons. The van der Waals surface area contributed by atoms with Crippen LogP contribution in [0.2, 0.25) is 0 Å². The lowest BCUT2D eigenvalue weighted by Gasteiger charge is -2.24. The van der Waals surface area contributed by atoms with E-state index in [-0.39, 0.29) is 6.04 Å². The summed E-state index contributed by atoms with van der Waals surface area (Å²) in [4.78, 5) is 1.76. The minimum atomic E-state index is 0.268. The van der Waals surface area contributed by atoms with Gasteiger partial charge in [-0.2, -0.15) is 0 Å². The summed E-state index contributed by atoms with van der Waals surface area (Å²) in [5.41, 5.74) is 8.95. The standard InChI is InChI=1S/C16H20N2S2/c1-10(2)15(14-5-4-8-20-14)18-13-9-11(3)6-7-12(13)16(17)19/h4-10,15,18H,1-3H3,(H2,17,19). The molecule has 0 saturated heterocycles. The molecular formula is C16H20N2S2. The molecule has 0 spiro atoms. The maximum Gasteiger partial charge on any atom is 0.106 e. The predicted molar refractivity (Wildman–Crippen MR) is 92.6 cm³/mol. The van der Waals surface area contributed by atoms with Gasteiger partial charge in [-0.3, -0.25) is 0 Å². The molecule has 3 N–H and O–H groups in total. The number of hydrogen-bond acceptors (Lipinski definition) is 3. The van der Waals surface area contributed by atoms with Crippen molar-refractivity contribution in [3.05, 3.63) is 51.7 Å². The van der Waals surface area contributed by atoms with Gasteiger partial charge in [0.05, 0.1) is 6.04 Å². The topological polar surface area (TPSA) is 38.0 Å². The smallest absolute Gasteiger partial charge is 0.106 e. The third-order valence-corrected chi connectivity index (χ3v) is 4.44. The Balaban J connectivity index is 2.36. The Morgan fingerprint density at radius 3 is 2.60 bits per heavy atom. The highest BCUT2D eigenvalue weighted by Crippen LogP contribution is 2.31. The van der Waals surface area contributed by atoms with E-state index in [0.717, 1.165) is 11.3 Å². The van der Waals surface area contributed by atoms with Crippen molar-refractivity contribution >= 4 is 34.2 Å². The average molecular weight is 304 g/mol. The van der Waals surface area contributed by atoms with Gasteiger partial charge in [0.1, 0.15) is 4.99 Å². The first-order valence-corrected chi connectivity index (χ1v) is 7.98. The quantitative estimate of drug-likeness (QED) is 0.799. The van der Waals surface area contributed by atoms with Gasteiger partial charge < -0.3 is 11.1 Å². The van der Waals surface area contributed by atoms with E-state index >= 15 is 0 Å². The monoisotopic (exact) mass is 304 g/mol. The molecule has 1 heterocycles. The lowest BCUT2D eigenvalue weighted by molar-refractivity contribution is 0.553. The Morgan fingerprint density at radius 1 is 1.30 bits per heavy atom. The highest BCUT2D eigenvalue weighted by Gasteiger charge is 2.18. The van der Waals surface area contributed by atoms with Crippen LogP contribution in [-0.4, -0.2) is 4.99 Å². The number of nitrogens with one attached hydrogen (secondary N) is 1. The van der Waals surface area contributed by atoms with Gasteiger partial charge in [-0.1, -0.05) is 38.2 Å². The molecule has 1 atom stereocenters. The molecular weight excluding hydrogens is 284 g/mol. The first kappa shape index (κ1) is 15.0. The lowest BCUT2D eigenvalue weighted by atomic mass is 10.0. The van der Waals surface area contributed by atoms with E-state index in [1.165, 1.54) is 10.4 Å². The largest absolute Gasteiger partial charge is 0.389 e. The fourth-order valence-electron chi connectivity index (χ4n) is 2.19. The number of aryl methyl sites for hydroxylation is 1. The van der Waals surface area contributed by atoms with Crippen LogP contribution < -0.4 is 11.1 Å². The van der Waals surface area contributed by atoms with Crippen molar-refractivity contribution < 1.29 is 0 Å². The zero-order valence-electron chi connectivity index (χ0n) is 12.0. The summed E-state index contributed by atoms with van der Waals surface area (Å²) in [6.45, 7) is 6.51. The second-order valence-electron chi connectivity index (χ2n) is 5.29. The molecule has 2 nitrogen and oxygen atoms in total. The molecule has 2 aromatic rings. The number of benzene rings is 1. The van der Waals surface area contributed by atoms with Crippen molar-refractivity contribution in [1.82, 2.24) is 0 Å². The van der Waals surface area contributed by atoms with Crippen molar-refractivity contribution in [3.8, 4) is 0 Å². The first-order chi connectivity index (χ1) is 9.49. The average Bonchev–Trinajstić information content (AvgIpc) is 2.88. The van der Waals surface area contributed by atoms with Gasteiger partial charge in [0.15, 0.2) is 0 Å². The molecule has 0 bridgehead atoms. The predicted octanol–water partition coefficient (Wildman–Crippen LogP) is 4.50. The maximum absolute atomic E-state index is 5.83. The summed E-state index contributed by atoms with van der Waals surface area (Å²) in [6.07, 6.45) is 0. The van der Waals surface area contributed by atoms with Crippen LogP contribution in [0, 0.1) is 12.8 Å². The van der Waals surface area contributed by atoms with Gasteiger partial charge in [0.25, 0.3) is 0 Å². The second-order valence-corrected chi connectivity index (χ2v) is 6.71. The Labute approximate surface area is 130 Å². The van der Waals surface area contributed by atoms with Crippen molar-refractivity contribution in [1.29, 1.82) is 0 Å². The highest BCUT2D eigenvalue weighted by atomic mass is 32.1. The summed E-state index contributed by atoms with van der Waals surface area (Å²) in [6, 6.07) is 10.7. The Morgan fingerprint density at radius 2 is 2.05 bits per heavy atom. The number of nitrogens with two attached hydrogens (primary N) is 1. The molecule has 0 fully saturated rings. The fraction of sp³-hybridized carbons (Fsp3) is 0.312. The lowest BCUT2D eigenvalue weighted by Crippen LogP contribution is -2.19. The molecule has 0 aliphatic rings. The van der Waals surface area contributed by atoms with Crippen molar-refractivity contribution in [3.63, 3.8) is 0 Å². The number of thiocarbonyl (C=S) groups is 1. The van der Waals surface area contributed by atoms with E-state index < -0.39 is 0 Å². The van der Waals surface area contributed by atoms with Gasteiger partial charge >= 0.3 is 0 Å². The molecule has 0 saturated carbocycles. The summed E-state index contributed by atoms with van der Waals surface area (Å²) >= 11 is 6.92. The minimum Gasteiger partial charge on any atom is -0.389 e. The molecule has 0 aliphatic heterocycles. The highest BCUT2D eigenvalue weighted by molar-refractivity contribution is 7.80. The molecule has 0 amide bonds. The molecule has 1 aromatic heterocycles. The molecule has 0 radical (unpaired) electrons. The molecule has 1 aromatic carbocycles. The van der Waals surface area contributed by atoms with Gasteiger partial charge in [-0.05, 0) is 42.0 Å². The van der Waals surface area contributed by atoms with Gasteiger partial charge in [-0.25, -0.2) is 0 Å². The van der Waals surface area contributed by atoms with Gasteiger partial charge in [-0.15, -0.1) is 11.3 Å². The summed E-state index contributed by atoms with van der Waals surface area (Å²) in [5.74, 6) is 0.480. The van der Waals surface area contributed by atoms with Crippen LogP contribution in [-0.2, 0) is 0 Å². The van der Waals surface area contributed by atoms with Crippen LogP contribution in [0.5, 0.6) is 0 Å². The molecule has 0 aliphatic carbocycles. The van der Waals surface area contributed by atoms with Crippen molar-refractivity contribution in [2.75, 3.05) is 5.32 Å². The zero-order valence-corrected chi connectivity index (χ0v) is 13.6. The Bertz CT molecular complexity index is 589. The Hall–Kier alpha value is -1.39. The Kier molecular flexibility index (Phi) is 4.78. The van der Waals surface area contributed by atoms with Crippen LogP contribution in [0.4, 0.5) is 5.69 Å². The summed E-state index contributed by atoms with van der Waals surface area (Å²) in [7, 11) is 0. The first-order valence-electron chi connectivity index (χ1n) is 6.69. The zero-order chi connectivity index (χ0) is 14.7. The third kappa shape index (κ3) is 3.38. The molecule has 1 unspecified atom stereocenters. The van der Waals surface area contributed by atoms with E-state index in [1.54, 1.807) is 11.3 Å². The second kappa shape index (κ2) is 6.37. The van der Waals surface area contributed by atoms with Gasteiger partial charge in [0.2, 0.25) is 0 Å². The summed E-state index contributed by atoms with van der Waals surface area (Å²) in [5, 5.41) is 5.72. The van der Waals surface area contributed by atoms with Crippen LogP contribution in [0.15, 0.2) is 35.7 Å². The third-order valence-electron chi connectivity index (χ3n) is 3.27. The maximum atomic E-state index is 5.83. The van der Waals surface area contributed by atoms with Crippen molar-refractivity contribution in [2.24, 2.45) is 11.7 Å². The van der Waals surface area contributed by atoms with E-state index in [0.29, 0.717) is 10.9 Å². The van der Waals surface area contributed by atoms with E-state index in [4.69, 9.17) is 18.0 Å². The van der Waals surface area contributed by atoms with E-state index in [9.17, 15) is 0 Å². The molecule has 4 heteroatoms. The van der Waals surface area contributed by atoms with Gasteiger partial charge in [0, 0.05) is 16.1 Å². The number of anilines is 1. The van der Waals surface area contributed by atoms with Crippen LogP contribution >= 0.6 is 23.6 Å². The number of hydrogen-bond donors (Lipinski definition) is 2. The number of thiophene rings is 1. The van der Waals surface area contributed by atoms with Crippen LogP contribution in [0.25, 0.3) is 0 Å². The van der Waals surface area contributed by atoms with Crippen LogP contribution in [0.1, 0.15) is 35.9 Å². The number of rotatable bonds is 5. The normalized spacial score (nSPS) is 12.4. The van der Waals surface area contributed by atoms with E-state index in [2.05, 4.69) is 49.7 Å². The minimum absolute atomic E-state index is 0.268.